The summed E-state index contributed by atoms with van der Waals surface area (Å²) in [6.07, 6.45) is 2.16. The van der Waals surface area contributed by atoms with Gasteiger partial charge in [-0.1, -0.05) is 30.3 Å². The molecular formula is C23H31N3O4. The molecule has 162 valence electrons. The summed E-state index contributed by atoms with van der Waals surface area (Å²) in [5.41, 5.74) is 2.33. The average molecular weight is 414 g/mol. The number of nitrogens with one attached hydrogen (secondary N) is 2. The van der Waals surface area contributed by atoms with Crippen LogP contribution in [0, 0.1) is 0 Å². The third-order valence-corrected chi connectivity index (χ3v) is 5.52. The minimum absolute atomic E-state index is 0.102. The molecule has 0 saturated carbocycles. The fraction of sp³-hybridized carbons (Fsp3) is 0.478. The van der Waals surface area contributed by atoms with Crippen LogP contribution in [0.25, 0.3) is 0 Å². The Morgan fingerprint density at radius 2 is 1.73 bits per heavy atom. The molecule has 0 amide bonds. The lowest BCUT2D eigenvalue weighted by Gasteiger charge is -2.34. The van der Waals surface area contributed by atoms with Crippen LogP contribution in [0.1, 0.15) is 45.1 Å². The minimum Gasteiger partial charge on any atom is -0.463 e. The van der Waals surface area contributed by atoms with Crippen molar-refractivity contribution in [2.75, 3.05) is 26.8 Å². The second kappa shape index (κ2) is 9.80. The predicted molar refractivity (Wildman–Crippen MR) is 114 cm³/mol. The number of carbonyl (C=O) groups is 2. The highest BCUT2D eigenvalue weighted by atomic mass is 16.5. The number of ether oxygens (including phenoxy) is 2. The van der Waals surface area contributed by atoms with Gasteiger partial charge < -0.3 is 20.1 Å². The first-order valence-corrected chi connectivity index (χ1v) is 10.6. The molecule has 1 saturated heterocycles. The second-order valence-electron chi connectivity index (χ2n) is 7.52. The maximum atomic E-state index is 13.1. The lowest BCUT2D eigenvalue weighted by molar-refractivity contribution is -0.139. The maximum absolute atomic E-state index is 13.1. The second-order valence-corrected chi connectivity index (χ2v) is 7.52. The molecule has 0 bridgehead atoms. The molecule has 2 heterocycles. The fourth-order valence-corrected chi connectivity index (χ4v) is 4.09. The number of nitrogens with zero attached hydrogens (tertiary/aromatic N) is 1. The number of hydrogen-bond donors (Lipinski definition) is 2. The van der Waals surface area contributed by atoms with E-state index in [1.54, 1.807) is 13.8 Å². The first-order valence-electron chi connectivity index (χ1n) is 10.6. The number of hydrogen-bond acceptors (Lipinski definition) is 7. The molecule has 0 spiro atoms. The molecule has 30 heavy (non-hydrogen) atoms. The van der Waals surface area contributed by atoms with E-state index in [0.717, 1.165) is 24.9 Å². The summed E-state index contributed by atoms with van der Waals surface area (Å²) in [4.78, 5) is 28.2. The van der Waals surface area contributed by atoms with Gasteiger partial charge in [0.1, 0.15) is 5.82 Å². The molecular weight excluding hydrogens is 382 g/mol. The van der Waals surface area contributed by atoms with Crippen LogP contribution in [0.4, 0.5) is 0 Å². The van der Waals surface area contributed by atoms with E-state index < -0.39 is 17.9 Å². The van der Waals surface area contributed by atoms with Crippen LogP contribution < -0.4 is 10.6 Å². The first-order chi connectivity index (χ1) is 14.5. The molecule has 3 rings (SSSR count). The zero-order chi connectivity index (χ0) is 21.7. The number of esters is 2. The SMILES string of the molecule is CCOC(=O)C1=C(C)NC(NC2CCCN2C)=C(C(=O)OCC)C1c1ccccc1. The van der Waals surface area contributed by atoms with Crippen LogP contribution in [0.3, 0.4) is 0 Å². The van der Waals surface area contributed by atoms with E-state index in [2.05, 4.69) is 22.6 Å². The van der Waals surface area contributed by atoms with E-state index in [1.807, 2.05) is 37.3 Å². The van der Waals surface area contributed by atoms with Crippen LogP contribution >= 0.6 is 0 Å². The van der Waals surface area contributed by atoms with Gasteiger partial charge in [-0.3, -0.25) is 4.90 Å². The van der Waals surface area contributed by atoms with Gasteiger partial charge >= 0.3 is 11.9 Å². The molecule has 2 aliphatic rings. The van der Waals surface area contributed by atoms with Gasteiger partial charge in [-0.25, -0.2) is 9.59 Å². The molecule has 0 aliphatic carbocycles. The van der Waals surface area contributed by atoms with Gasteiger partial charge in [0.2, 0.25) is 0 Å². The topological polar surface area (TPSA) is 79.9 Å². The van der Waals surface area contributed by atoms with Gasteiger partial charge in [0.25, 0.3) is 0 Å². The normalized spacial score (nSPS) is 22.0. The Morgan fingerprint density at radius 1 is 1.10 bits per heavy atom. The summed E-state index contributed by atoms with van der Waals surface area (Å²) in [5.74, 6) is -0.877. The quantitative estimate of drug-likeness (QED) is 0.665. The molecule has 1 fully saturated rings. The molecule has 0 radical (unpaired) electrons. The molecule has 7 nitrogen and oxygen atoms in total. The highest BCUT2D eigenvalue weighted by Gasteiger charge is 2.40. The van der Waals surface area contributed by atoms with E-state index in [4.69, 9.17) is 9.47 Å². The van der Waals surface area contributed by atoms with Gasteiger partial charge in [0.15, 0.2) is 0 Å². The van der Waals surface area contributed by atoms with Gasteiger partial charge in [0.05, 0.1) is 36.4 Å². The number of dihydropyridines is 1. The third-order valence-electron chi connectivity index (χ3n) is 5.52. The Hall–Kier alpha value is -2.80. The number of carbonyl (C=O) groups excluding carboxylic acids is 2. The number of likely N-dealkylation sites (tertiary alicyclic amines) is 1. The van der Waals surface area contributed by atoms with Crippen LogP contribution in [-0.4, -0.2) is 49.8 Å². The summed E-state index contributed by atoms with van der Waals surface area (Å²) in [5, 5.41) is 6.75. The molecule has 7 heteroatoms. The minimum atomic E-state index is -0.584. The smallest absolute Gasteiger partial charge is 0.338 e. The van der Waals surface area contributed by atoms with Crippen molar-refractivity contribution in [2.24, 2.45) is 0 Å². The van der Waals surface area contributed by atoms with Crippen molar-refractivity contribution in [3.63, 3.8) is 0 Å². The largest absolute Gasteiger partial charge is 0.463 e. The van der Waals surface area contributed by atoms with Crippen LogP contribution in [0.5, 0.6) is 0 Å². The zero-order valence-corrected chi connectivity index (χ0v) is 18.2. The van der Waals surface area contributed by atoms with E-state index in [1.165, 1.54) is 0 Å². The number of rotatable bonds is 7. The highest BCUT2D eigenvalue weighted by Crippen LogP contribution is 2.39. The van der Waals surface area contributed by atoms with E-state index in [0.29, 0.717) is 22.7 Å². The number of allylic oxidation sites excluding steroid dienone is 1. The fourth-order valence-electron chi connectivity index (χ4n) is 4.09. The Morgan fingerprint density at radius 3 is 2.30 bits per heavy atom. The Balaban J connectivity index is 2.13. The van der Waals surface area contributed by atoms with Crippen molar-refractivity contribution in [1.82, 2.24) is 15.5 Å². The molecule has 2 unspecified atom stereocenters. The lowest BCUT2D eigenvalue weighted by atomic mass is 9.81. The van der Waals surface area contributed by atoms with Crippen molar-refractivity contribution < 1.29 is 19.1 Å². The van der Waals surface area contributed by atoms with Gasteiger partial charge in [-0.15, -0.1) is 0 Å². The predicted octanol–water partition coefficient (Wildman–Crippen LogP) is 2.63. The molecule has 0 aromatic heterocycles. The molecule has 2 aliphatic heterocycles. The molecule has 1 aromatic carbocycles. The molecule has 2 atom stereocenters. The Labute approximate surface area is 178 Å². The van der Waals surface area contributed by atoms with Crippen molar-refractivity contribution in [2.45, 2.75) is 45.7 Å². The van der Waals surface area contributed by atoms with E-state index in [-0.39, 0.29) is 19.4 Å². The van der Waals surface area contributed by atoms with Gasteiger partial charge in [-0.05, 0) is 52.8 Å². The van der Waals surface area contributed by atoms with Crippen molar-refractivity contribution in [3.05, 3.63) is 58.6 Å². The maximum Gasteiger partial charge on any atom is 0.338 e. The van der Waals surface area contributed by atoms with E-state index >= 15 is 0 Å². The van der Waals surface area contributed by atoms with E-state index in [9.17, 15) is 9.59 Å². The Bertz CT molecular complexity index is 847. The zero-order valence-electron chi connectivity index (χ0n) is 18.2. The van der Waals surface area contributed by atoms with Crippen LogP contribution in [-0.2, 0) is 19.1 Å². The monoisotopic (exact) mass is 413 g/mol. The van der Waals surface area contributed by atoms with Crippen molar-refractivity contribution in [1.29, 1.82) is 0 Å². The highest BCUT2D eigenvalue weighted by molar-refractivity contribution is 5.99. The van der Waals surface area contributed by atoms with Crippen molar-refractivity contribution >= 4 is 11.9 Å². The summed E-state index contributed by atoms with van der Waals surface area (Å²) >= 11 is 0. The van der Waals surface area contributed by atoms with Crippen molar-refractivity contribution in [3.8, 4) is 0 Å². The lowest BCUT2D eigenvalue weighted by Crippen LogP contribution is -2.45. The molecule has 2 N–H and O–H groups in total. The summed E-state index contributed by atoms with van der Waals surface area (Å²) in [6.45, 7) is 6.88. The number of benzene rings is 1. The summed E-state index contributed by atoms with van der Waals surface area (Å²) < 4.78 is 10.7. The average Bonchev–Trinajstić information content (AvgIpc) is 3.12. The first kappa shape index (κ1) is 21.9. The standard InChI is InChI=1S/C23H31N3O4/c1-5-29-22(27)18-15(3)24-21(25-17-13-10-14-26(17)4)20(23(28)30-6-2)19(18)16-11-8-7-9-12-16/h7-9,11-12,17,19,24-25H,5-6,10,13-14H2,1-4H3. The van der Waals surface area contributed by atoms with Crippen LogP contribution in [0.2, 0.25) is 0 Å². The molecule has 1 aromatic rings. The summed E-state index contributed by atoms with van der Waals surface area (Å²) in [6, 6.07) is 9.54. The Kier molecular flexibility index (Phi) is 7.15. The van der Waals surface area contributed by atoms with Gasteiger partial charge in [0, 0.05) is 5.70 Å². The summed E-state index contributed by atoms with van der Waals surface area (Å²) in [7, 11) is 2.06. The van der Waals surface area contributed by atoms with Crippen LogP contribution in [0.15, 0.2) is 53.0 Å². The van der Waals surface area contributed by atoms with Gasteiger partial charge in [-0.2, -0.15) is 0 Å². The third kappa shape index (κ3) is 4.51.